The normalized spacial score (nSPS) is 19.5. The SMILES string of the molecule is CC(C)(C)OC(=O)N1CCC(c2cnc(N3CCN4c5cc(-c6ccccc6O)nnc5NC[C@H]4C3)nc2)CC1. The number of carbonyl (C=O) groups excluding carboxylic acids is 1. The van der Waals surface area contributed by atoms with Crippen LogP contribution in [0.25, 0.3) is 11.3 Å². The molecular weight excluding hydrogens is 508 g/mol. The Morgan fingerprint density at radius 3 is 2.52 bits per heavy atom. The Morgan fingerprint density at radius 2 is 1.80 bits per heavy atom. The molecule has 6 rings (SSSR count). The lowest BCUT2D eigenvalue weighted by atomic mass is 9.91. The first-order valence-electron chi connectivity index (χ1n) is 14.0. The molecule has 0 unspecified atom stereocenters. The molecule has 2 aromatic heterocycles. The number of amides is 1. The summed E-state index contributed by atoms with van der Waals surface area (Å²) in [4.78, 5) is 28.3. The molecule has 2 fully saturated rings. The summed E-state index contributed by atoms with van der Waals surface area (Å²) in [5, 5.41) is 22.5. The maximum Gasteiger partial charge on any atom is 0.410 e. The number of para-hydroxylation sites is 1. The fourth-order valence-corrected chi connectivity index (χ4v) is 5.72. The summed E-state index contributed by atoms with van der Waals surface area (Å²) in [5.74, 6) is 2.03. The third kappa shape index (κ3) is 5.32. The van der Waals surface area contributed by atoms with Gasteiger partial charge in [0.1, 0.15) is 11.4 Å². The summed E-state index contributed by atoms with van der Waals surface area (Å²) < 4.78 is 5.52. The van der Waals surface area contributed by atoms with Crippen LogP contribution in [0, 0.1) is 0 Å². The van der Waals surface area contributed by atoms with E-state index in [0.717, 1.165) is 62.0 Å². The fraction of sp³-hybridized carbons (Fsp3) is 0.483. The van der Waals surface area contributed by atoms with Gasteiger partial charge in [-0.2, -0.15) is 0 Å². The number of piperazine rings is 1. The van der Waals surface area contributed by atoms with E-state index in [9.17, 15) is 9.90 Å². The smallest absolute Gasteiger partial charge is 0.410 e. The van der Waals surface area contributed by atoms with E-state index in [1.165, 1.54) is 0 Å². The number of nitrogens with one attached hydrogen (secondary N) is 1. The maximum absolute atomic E-state index is 12.4. The molecule has 0 spiro atoms. The lowest BCUT2D eigenvalue weighted by Crippen LogP contribution is -2.58. The summed E-state index contributed by atoms with van der Waals surface area (Å²) in [6.45, 7) is 10.2. The van der Waals surface area contributed by atoms with Crippen LogP contribution in [0.5, 0.6) is 5.75 Å². The maximum atomic E-state index is 12.4. The standard InChI is InChI=1S/C29H36N8O3/c1-29(2,3)40-28(39)35-10-8-19(9-11-35)20-15-31-27(32-16-20)36-12-13-37-21(18-36)17-30-26-24(37)14-23(33-34-26)22-6-4-5-7-25(22)38/h4-7,14-16,19,21,38H,8-13,17-18H2,1-3H3,(H,30,34)/t21-/m0/s1. The molecule has 2 N–H and O–H groups in total. The van der Waals surface area contributed by atoms with Crippen LogP contribution in [0.4, 0.5) is 22.2 Å². The lowest BCUT2D eigenvalue weighted by Gasteiger charge is -2.45. The van der Waals surface area contributed by atoms with Crippen LogP contribution in [0.15, 0.2) is 42.7 Å². The molecule has 0 bridgehead atoms. The van der Waals surface area contributed by atoms with Gasteiger partial charge < -0.3 is 29.9 Å². The van der Waals surface area contributed by atoms with Crippen molar-refractivity contribution in [2.45, 2.75) is 51.2 Å². The first kappa shape index (κ1) is 26.1. The van der Waals surface area contributed by atoms with Crippen LogP contribution >= 0.6 is 0 Å². The molecule has 3 aromatic rings. The van der Waals surface area contributed by atoms with Gasteiger partial charge in [-0.15, -0.1) is 10.2 Å². The zero-order valence-corrected chi connectivity index (χ0v) is 23.2. The van der Waals surface area contributed by atoms with E-state index in [1.54, 1.807) is 17.0 Å². The minimum absolute atomic E-state index is 0.191. The Labute approximate surface area is 234 Å². The summed E-state index contributed by atoms with van der Waals surface area (Å²) >= 11 is 0. The second-order valence-electron chi connectivity index (χ2n) is 11.7. The molecular formula is C29H36N8O3. The van der Waals surface area contributed by atoms with Gasteiger partial charge in [0, 0.05) is 57.2 Å². The van der Waals surface area contributed by atoms with Gasteiger partial charge in [0.15, 0.2) is 5.82 Å². The van der Waals surface area contributed by atoms with Crippen LogP contribution < -0.4 is 15.1 Å². The Bertz CT molecular complexity index is 1370. The minimum atomic E-state index is -0.483. The quantitative estimate of drug-likeness (QED) is 0.503. The highest BCUT2D eigenvalue weighted by Gasteiger charge is 2.34. The molecule has 0 aliphatic carbocycles. The fourth-order valence-electron chi connectivity index (χ4n) is 5.72. The van der Waals surface area contributed by atoms with E-state index in [1.807, 2.05) is 51.4 Å². The predicted octanol–water partition coefficient (Wildman–Crippen LogP) is 3.87. The molecule has 1 aromatic carbocycles. The van der Waals surface area contributed by atoms with Gasteiger partial charge in [0.05, 0.1) is 17.4 Å². The van der Waals surface area contributed by atoms with Crippen molar-refractivity contribution in [3.8, 4) is 17.0 Å². The van der Waals surface area contributed by atoms with Crippen molar-refractivity contribution in [3.63, 3.8) is 0 Å². The number of fused-ring (bicyclic) bond motifs is 3. The summed E-state index contributed by atoms with van der Waals surface area (Å²) in [6.07, 6.45) is 5.41. The second-order valence-corrected chi connectivity index (χ2v) is 11.7. The van der Waals surface area contributed by atoms with E-state index in [2.05, 4.69) is 25.3 Å². The molecule has 0 radical (unpaired) electrons. The topological polar surface area (TPSA) is 120 Å². The molecule has 2 saturated heterocycles. The third-order valence-electron chi connectivity index (χ3n) is 7.81. The number of nitrogens with zero attached hydrogens (tertiary/aromatic N) is 7. The number of piperidine rings is 1. The zero-order valence-electron chi connectivity index (χ0n) is 23.2. The van der Waals surface area contributed by atoms with E-state index in [4.69, 9.17) is 14.7 Å². The Hall–Kier alpha value is -4.15. The van der Waals surface area contributed by atoms with Crippen molar-refractivity contribution in [3.05, 3.63) is 48.3 Å². The number of carbonyl (C=O) groups is 1. The zero-order chi connectivity index (χ0) is 27.9. The summed E-state index contributed by atoms with van der Waals surface area (Å²) in [5.41, 5.74) is 2.96. The van der Waals surface area contributed by atoms with Gasteiger partial charge in [-0.25, -0.2) is 14.8 Å². The number of aromatic nitrogens is 4. The monoisotopic (exact) mass is 544 g/mol. The van der Waals surface area contributed by atoms with Crippen molar-refractivity contribution in [1.29, 1.82) is 0 Å². The number of hydrogen-bond donors (Lipinski definition) is 2. The molecule has 40 heavy (non-hydrogen) atoms. The second kappa shape index (κ2) is 10.4. The third-order valence-corrected chi connectivity index (χ3v) is 7.81. The van der Waals surface area contributed by atoms with E-state index in [-0.39, 0.29) is 17.9 Å². The molecule has 11 nitrogen and oxygen atoms in total. The van der Waals surface area contributed by atoms with Crippen LogP contribution in [0.3, 0.4) is 0 Å². The highest BCUT2D eigenvalue weighted by molar-refractivity contribution is 5.76. The lowest BCUT2D eigenvalue weighted by molar-refractivity contribution is 0.0204. The number of hydrogen-bond acceptors (Lipinski definition) is 10. The summed E-state index contributed by atoms with van der Waals surface area (Å²) in [7, 11) is 0. The number of phenols is 1. The molecule has 1 amide bonds. The van der Waals surface area contributed by atoms with Gasteiger partial charge in [0.2, 0.25) is 5.95 Å². The molecule has 3 aliphatic heterocycles. The number of anilines is 3. The molecule has 3 aliphatic rings. The van der Waals surface area contributed by atoms with E-state index >= 15 is 0 Å². The molecule has 11 heteroatoms. The van der Waals surface area contributed by atoms with Gasteiger partial charge >= 0.3 is 6.09 Å². The number of ether oxygens (including phenoxy) is 1. The largest absolute Gasteiger partial charge is 0.507 e. The van der Waals surface area contributed by atoms with Crippen molar-refractivity contribution in [2.75, 3.05) is 54.4 Å². The predicted molar refractivity (Wildman–Crippen MR) is 153 cm³/mol. The molecule has 5 heterocycles. The van der Waals surface area contributed by atoms with Gasteiger partial charge in [-0.1, -0.05) is 12.1 Å². The van der Waals surface area contributed by atoms with Crippen molar-refractivity contribution in [2.24, 2.45) is 0 Å². The number of phenolic OH excluding ortho intramolecular Hbond substituents is 1. The van der Waals surface area contributed by atoms with E-state index in [0.29, 0.717) is 30.3 Å². The van der Waals surface area contributed by atoms with E-state index < -0.39 is 5.60 Å². The van der Waals surface area contributed by atoms with Crippen molar-refractivity contribution >= 4 is 23.5 Å². The van der Waals surface area contributed by atoms with Gasteiger partial charge in [-0.3, -0.25) is 0 Å². The molecule has 210 valence electrons. The van der Waals surface area contributed by atoms with Crippen molar-refractivity contribution < 1.29 is 14.6 Å². The molecule has 0 saturated carbocycles. The van der Waals surface area contributed by atoms with Crippen LogP contribution in [0.2, 0.25) is 0 Å². The number of rotatable bonds is 3. The Morgan fingerprint density at radius 1 is 1.05 bits per heavy atom. The van der Waals surface area contributed by atoms with Crippen LogP contribution in [-0.2, 0) is 4.74 Å². The number of benzene rings is 1. The first-order valence-corrected chi connectivity index (χ1v) is 14.0. The number of likely N-dealkylation sites (tertiary alicyclic amines) is 1. The summed E-state index contributed by atoms with van der Waals surface area (Å²) in [6, 6.07) is 9.42. The van der Waals surface area contributed by atoms with Gasteiger partial charge in [-0.05, 0) is 63.3 Å². The highest BCUT2D eigenvalue weighted by atomic mass is 16.6. The van der Waals surface area contributed by atoms with Crippen molar-refractivity contribution in [1.82, 2.24) is 25.1 Å². The van der Waals surface area contributed by atoms with Gasteiger partial charge in [0.25, 0.3) is 0 Å². The average Bonchev–Trinajstić information content (AvgIpc) is 2.96. The highest BCUT2D eigenvalue weighted by Crippen LogP contribution is 2.36. The average molecular weight is 545 g/mol. The molecule has 1 atom stereocenters. The number of aromatic hydroxyl groups is 1. The van der Waals surface area contributed by atoms with Crippen LogP contribution in [-0.4, -0.2) is 87.2 Å². The Kier molecular flexibility index (Phi) is 6.81. The Balaban J connectivity index is 1.09. The van der Waals surface area contributed by atoms with Crippen LogP contribution in [0.1, 0.15) is 45.1 Å². The minimum Gasteiger partial charge on any atom is -0.507 e. The first-order chi connectivity index (χ1) is 19.2.